The Morgan fingerprint density at radius 1 is 1.32 bits per heavy atom. The van der Waals surface area contributed by atoms with Crippen LogP contribution in [0, 0.1) is 17.2 Å². The quantitative estimate of drug-likeness (QED) is 0.811. The van der Waals surface area contributed by atoms with Crippen LogP contribution in [-0.4, -0.2) is 31.1 Å². The number of carbonyl (C=O) groups excluding carboxylic acids is 2. The summed E-state index contributed by atoms with van der Waals surface area (Å²) in [6, 6.07) is 8.34. The minimum absolute atomic E-state index is 0.0270. The van der Waals surface area contributed by atoms with Crippen molar-refractivity contribution in [2.45, 2.75) is 26.3 Å². The third-order valence-electron chi connectivity index (χ3n) is 3.43. The molecule has 1 rings (SSSR count). The number of esters is 1. The highest BCUT2D eigenvalue weighted by molar-refractivity contribution is 5.89. The summed E-state index contributed by atoms with van der Waals surface area (Å²) >= 11 is 0. The van der Waals surface area contributed by atoms with Crippen molar-refractivity contribution < 1.29 is 19.1 Å². The van der Waals surface area contributed by atoms with Crippen molar-refractivity contribution >= 4 is 11.9 Å². The Kier molecular flexibility index (Phi) is 5.93. The lowest BCUT2D eigenvalue weighted by molar-refractivity contribution is -0.124. The molecule has 1 aromatic rings. The molecule has 1 N–H and O–H groups in total. The zero-order valence-corrected chi connectivity index (χ0v) is 13.2. The van der Waals surface area contributed by atoms with Crippen LogP contribution in [0.1, 0.15) is 31.1 Å². The fourth-order valence-electron chi connectivity index (χ4n) is 1.58. The Hall–Kier alpha value is -2.55. The second kappa shape index (κ2) is 7.46. The van der Waals surface area contributed by atoms with Crippen LogP contribution in [0.25, 0.3) is 0 Å². The number of methoxy groups -OCH3 is 1. The molecule has 0 aliphatic rings. The van der Waals surface area contributed by atoms with E-state index in [2.05, 4.69) is 16.1 Å². The van der Waals surface area contributed by atoms with Gasteiger partial charge in [-0.3, -0.25) is 4.79 Å². The number of carbonyl (C=O) groups is 2. The number of amides is 1. The molecule has 0 spiro atoms. The average Bonchev–Trinajstić information content (AvgIpc) is 2.52. The van der Waals surface area contributed by atoms with Crippen molar-refractivity contribution in [2.24, 2.45) is 5.92 Å². The van der Waals surface area contributed by atoms with E-state index in [4.69, 9.17) is 10.00 Å². The van der Waals surface area contributed by atoms with Crippen molar-refractivity contribution in [3.05, 3.63) is 29.8 Å². The van der Waals surface area contributed by atoms with Crippen molar-refractivity contribution in [1.82, 2.24) is 5.32 Å². The number of benzene rings is 1. The van der Waals surface area contributed by atoms with Crippen LogP contribution in [0.5, 0.6) is 5.75 Å². The summed E-state index contributed by atoms with van der Waals surface area (Å²) in [6.45, 7) is 5.17. The predicted molar refractivity (Wildman–Crippen MR) is 80.3 cm³/mol. The van der Waals surface area contributed by atoms with Crippen molar-refractivity contribution in [3.8, 4) is 11.8 Å². The zero-order chi connectivity index (χ0) is 16.8. The lowest BCUT2D eigenvalue weighted by atomic mass is 9.90. The fraction of sp³-hybridized carbons (Fsp3) is 0.438. The first-order chi connectivity index (χ1) is 10.3. The van der Waals surface area contributed by atoms with E-state index < -0.39 is 11.5 Å². The first kappa shape index (κ1) is 17.5. The molecule has 6 nitrogen and oxygen atoms in total. The van der Waals surface area contributed by atoms with Gasteiger partial charge in [-0.15, -0.1) is 0 Å². The van der Waals surface area contributed by atoms with Gasteiger partial charge in [-0.2, -0.15) is 5.26 Å². The van der Waals surface area contributed by atoms with Crippen LogP contribution >= 0.6 is 0 Å². The van der Waals surface area contributed by atoms with E-state index in [1.54, 1.807) is 31.2 Å². The molecule has 1 atom stereocenters. The molecular weight excluding hydrogens is 284 g/mol. The van der Waals surface area contributed by atoms with Gasteiger partial charge in [0.25, 0.3) is 5.91 Å². The molecule has 6 heteroatoms. The van der Waals surface area contributed by atoms with Gasteiger partial charge < -0.3 is 14.8 Å². The Balaban J connectivity index is 2.58. The lowest BCUT2D eigenvalue weighted by Gasteiger charge is -2.27. The third-order valence-corrected chi connectivity index (χ3v) is 3.43. The molecule has 0 radical (unpaired) electrons. The van der Waals surface area contributed by atoms with E-state index in [9.17, 15) is 9.59 Å². The van der Waals surface area contributed by atoms with Gasteiger partial charge in [0, 0.05) is 0 Å². The summed E-state index contributed by atoms with van der Waals surface area (Å²) in [4.78, 5) is 23.1. The standard InChI is InChI=1S/C16H20N2O4/c1-11(2)16(3,10-17)18-14(19)9-22-13-7-5-12(6-8-13)15(20)21-4/h5-8,11H,9H2,1-4H3,(H,18,19). The number of ether oxygens (including phenoxy) is 2. The van der Waals surface area contributed by atoms with E-state index in [1.807, 2.05) is 13.8 Å². The summed E-state index contributed by atoms with van der Waals surface area (Å²) in [5.41, 5.74) is -0.536. The molecule has 0 aromatic heterocycles. The average molecular weight is 304 g/mol. The maximum Gasteiger partial charge on any atom is 0.337 e. The van der Waals surface area contributed by atoms with Gasteiger partial charge >= 0.3 is 5.97 Å². The van der Waals surface area contributed by atoms with E-state index in [0.717, 1.165) is 0 Å². The van der Waals surface area contributed by atoms with E-state index in [0.29, 0.717) is 11.3 Å². The number of rotatable bonds is 6. The maximum absolute atomic E-state index is 11.9. The molecule has 0 bridgehead atoms. The smallest absolute Gasteiger partial charge is 0.337 e. The second-order valence-corrected chi connectivity index (χ2v) is 5.32. The van der Waals surface area contributed by atoms with Crippen molar-refractivity contribution in [1.29, 1.82) is 5.26 Å². The Morgan fingerprint density at radius 2 is 1.91 bits per heavy atom. The van der Waals surface area contributed by atoms with E-state index in [1.165, 1.54) is 7.11 Å². The molecule has 118 valence electrons. The first-order valence-electron chi connectivity index (χ1n) is 6.86. The number of hydrogen-bond acceptors (Lipinski definition) is 5. The molecule has 1 amide bonds. The highest BCUT2D eigenvalue weighted by atomic mass is 16.5. The summed E-state index contributed by atoms with van der Waals surface area (Å²) in [7, 11) is 1.30. The van der Waals surface area contributed by atoms with Crippen LogP contribution < -0.4 is 10.1 Å². The van der Waals surface area contributed by atoms with Gasteiger partial charge in [-0.1, -0.05) is 13.8 Å². The van der Waals surface area contributed by atoms with E-state index >= 15 is 0 Å². The fourth-order valence-corrected chi connectivity index (χ4v) is 1.58. The second-order valence-electron chi connectivity index (χ2n) is 5.32. The molecule has 0 aliphatic carbocycles. The SMILES string of the molecule is COC(=O)c1ccc(OCC(=O)NC(C)(C#N)C(C)C)cc1. The zero-order valence-electron chi connectivity index (χ0n) is 13.2. The number of hydrogen-bond donors (Lipinski definition) is 1. The minimum atomic E-state index is -0.935. The summed E-state index contributed by atoms with van der Waals surface area (Å²) in [5, 5.41) is 11.8. The molecule has 0 heterocycles. The maximum atomic E-state index is 11.9. The number of nitriles is 1. The summed E-state index contributed by atoms with van der Waals surface area (Å²) < 4.78 is 9.92. The topological polar surface area (TPSA) is 88.4 Å². The number of nitrogens with one attached hydrogen (secondary N) is 1. The highest BCUT2D eigenvalue weighted by Crippen LogP contribution is 2.16. The van der Waals surface area contributed by atoms with Gasteiger partial charge in [-0.05, 0) is 37.1 Å². The van der Waals surface area contributed by atoms with Gasteiger partial charge in [0.15, 0.2) is 6.61 Å². The molecule has 0 aliphatic heterocycles. The van der Waals surface area contributed by atoms with Crippen LogP contribution in [-0.2, 0) is 9.53 Å². The molecule has 22 heavy (non-hydrogen) atoms. The summed E-state index contributed by atoms with van der Waals surface area (Å²) in [5.74, 6) is -0.396. The molecular formula is C16H20N2O4. The minimum Gasteiger partial charge on any atom is -0.484 e. The Bertz CT molecular complexity index is 575. The molecule has 0 saturated heterocycles. The summed E-state index contributed by atoms with van der Waals surface area (Å²) in [6.07, 6.45) is 0. The van der Waals surface area contributed by atoms with Crippen molar-refractivity contribution in [2.75, 3.05) is 13.7 Å². The molecule has 0 saturated carbocycles. The molecule has 0 fully saturated rings. The predicted octanol–water partition coefficient (Wildman–Crippen LogP) is 1.91. The van der Waals surface area contributed by atoms with Gasteiger partial charge in [0.2, 0.25) is 0 Å². The molecule has 1 unspecified atom stereocenters. The van der Waals surface area contributed by atoms with Crippen molar-refractivity contribution in [3.63, 3.8) is 0 Å². The monoisotopic (exact) mass is 304 g/mol. The number of nitrogens with zero attached hydrogens (tertiary/aromatic N) is 1. The van der Waals surface area contributed by atoms with Crippen LogP contribution in [0.3, 0.4) is 0 Å². The van der Waals surface area contributed by atoms with Gasteiger partial charge in [0.1, 0.15) is 11.3 Å². The Morgan fingerprint density at radius 3 is 2.36 bits per heavy atom. The highest BCUT2D eigenvalue weighted by Gasteiger charge is 2.29. The first-order valence-corrected chi connectivity index (χ1v) is 6.86. The third kappa shape index (κ3) is 4.48. The van der Waals surface area contributed by atoms with Gasteiger partial charge in [0.05, 0.1) is 18.7 Å². The normalized spacial score (nSPS) is 12.9. The van der Waals surface area contributed by atoms with Crippen LogP contribution in [0.15, 0.2) is 24.3 Å². The van der Waals surface area contributed by atoms with Gasteiger partial charge in [-0.25, -0.2) is 4.79 Å². The largest absolute Gasteiger partial charge is 0.484 e. The Labute approximate surface area is 130 Å². The van der Waals surface area contributed by atoms with Crippen LogP contribution in [0.4, 0.5) is 0 Å². The lowest BCUT2D eigenvalue weighted by Crippen LogP contribution is -2.50. The van der Waals surface area contributed by atoms with Crippen LogP contribution in [0.2, 0.25) is 0 Å². The molecule has 1 aromatic carbocycles. The van der Waals surface area contributed by atoms with E-state index in [-0.39, 0.29) is 18.4 Å².